The van der Waals surface area contributed by atoms with Crippen LogP contribution in [0.2, 0.25) is 5.02 Å². The number of halogens is 1. The van der Waals surface area contributed by atoms with Gasteiger partial charge in [-0.15, -0.1) is 11.8 Å². The SMILES string of the molecule is C=CCOc1ccc(C2SCC(=O)Nc3c2c(C)nn3-c2ccccc2Cl)cc1OC. The van der Waals surface area contributed by atoms with Crippen LogP contribution in [0.15, 0.2) is 55.1 Å². The van der Waals surface area contributed by atoms with Crippen LogP contribution >= 0.6 is 23.4 Å². The third kappa shape index (κ3) is 4.16. The number of nitrogens with zero attached hydrogens (tertiary/aromatic N) is 2. The van der Waals surface area contributed by atoms with Crippen LogP contribution in [0, 0.1) is 6.92 Å². The minimum absolute atomic E-state index is 0.0835. The third-order valence-electron chi connectivity index (χ3n) is 4.94. The van der Waals surface area contributed by atoms with Crippen LogP contribution in [0.5, 0.6) is 11.5 Å². The fraction of sp³-hybridized carbons (Fsp3) is 0.217. The lowest BCUT2D eigenvalue weighted by Gasteiger charge is -2.18. The molecule has 0 bridgehead atoms. The summed E-state index contributed by atoms with van der Waals surface area (Å²) >= 11 is 7.97. The highest BCUT2D eigenvalue weighted by Gasteiger charge is 2.31. The van der Waals surface area contributed by atoms with Crippen LogP contribution in [0.25, 0.3) is 5.69 Å². The van der Waals surface area contributed by atoms with Crippen LogP contribution in [0.4, 0.5) is 5.82 Å². The number of anilines is 1. The molecule has 8 heteroatoms. The molecule has 1 amide bonds. The monoisotopic (exact) mass is 455 g/mol. The molecule has 0 aliphatic carbocycles. The van der Waals surface area contributed by atoms with Gasteiger partial charge in [0, 0.05) is 5.56 Å². The number of rotatable bonds is 6. The van der Waals surface area contributed by atoms with E-state index >= 15 is 0 Å². The van der Waals surface area contributed by atoms with E-state index in [1.54, 1.807) is 35.7 Å². The molecule has 3 aromatic rings. The van der Waals surface area contributed by atoms with E-state index in [0.29, 0.717) is 40.4 Å². The summed E-state index contributed by atoms with van der Waals surface area (Å²) in [5.41, 5.74) is 3.47. The van der Waals surface area contributed by atoms with Crippen molar-refractivity contribution in [1.82, 2.24) is 9.78 Å². The van der Waals surface area contributed by atoms with Crippen molar-refractivity contribution >= 4 is 35.1 Å². The molecule has 0 spiro atoms. The van der Waals surface area contributed by atoms with Gasteiger partial charge in [0.1, 0.15) is 12.4 Å². The number of aromatic nitrogens is 2. The normalized spacial score (nSPS) is 15.6. The molecule has 31 heavy (non-hydrogen) atoms. The predicted octanol–water partition coefficient (Wildman–Crippen LogP) is 5.18. The van der Waals surface area contributed by atoms with Crippen LogP contribution in [0.3, 0.4) is 0 Å². The Bertz CT molecular complexity index is 1150. The van der Waals surface area contributed by atoms with Gasteiger partial charge >= 0.3 is 0 Å². The molecule has 0 radical (unpaired) electrons. The standard InChI is InChI=1S/C23H22ClN3O3S/c1-4-11-30-18-10-9-15(12-19(18)29-3)22-21-14(2)26-27(17-8-6-5-7-16(17)24)23(21)25-20(28)13-31-22/h4-10,12,22H,1,11,13H2,2-3H3,(H,25,28). The van der Waals surface area contributed by atoms with Gasteiger partial charge < -0.3 is 14.8 Å². The van der Waals surface area contributed by atoms with Gasteiger partial charge in [-0.1, -0.05) is 42.5 Å². The fourth-order valence-electron chi connectivity index (χ4n) is 3.56. The number of carbonyl (C=O) groups excluding carboxylic acids is 1. The van der Waals surface area contributed by atoms with Crippen LogP contribution in [0.1, 0.15) is 22.1 Å². The first-order valence-corrected chi connectivity index (χ1v) is 11.1. The first kappa shape index (κ1) is 21.3. The molecule has 1 aliphatic rings. The van der Waals surface area contributed by atoms with Crippen LogP contribution in [-0.2, 0) is 4.79 Å². The number of methoxy groups -OCH3 is 1. The van der Waals surface area contributed by atoms with Crippen molar-refractivity contribution < 1.29 is 14.3 Å². The minimum Gasteiger partial charge on any atom is -0.493 e. The Hall–Kier alpha value is -2.90. The number of aryl methyl sites for hydroxylation is 1. The summed E-state index contributed by atoms with van der Waals surface area (Å²) in [4.78, 5) is 12.5. The number of fused-ring (bicyclic) bond motifs is 1. The average Bonchev–Trinajstić information content (AvgIpc) is 2.97. The van der Waals surface area contributed by atoms with E-state index in [-0.39, 0.29) is 11.2 Å². The molecule has 6 nitrogen and oxygen atoms in total. The number of hydrogen-bond donors (Lipinski definition) is 1. The molecule has 4 rings (SSSR count). The first-order valence-electron chi connectivity index (χ1n) is 9.71. The number of ether oxygens (including phenoxy) is 2. The number of hydrogen-bond acceptors (Lipinski definition) is 5. The van der Waals surface area contributed by atoms with Crippen molar-refractivity contribution in [2.24, 2.45) is 0 Å². The zero-order chi connectivity index (χ0) is 22.0. The maximum atomic E-state index is 12.5. The number of para-hydroxylation sites is 1. The third-order valence-corrected chi connectivity index (χ3v) is 6.53. The number of nitrogens with one attached hydrogen (secondary N) is 1. The van der Waals surface area contributed by atoms with Crippen molar-refractivity contribution in [1.29, 1.82) is 0 Å². The van der Waals surface area contributed by atoms with E-state index in [2.05, 4.69) is 11.9 Å². The van der Waals surface area contributed by atoms with Crippen LogP contribution < -0.4 is 14.8 Å². The zero-order valence-corrected chi connectivity index (χ0v) is 18.8. The van der Waals surface area contributed by atoms with Crippen molar-refractivity contribution in [3.8, 4) is 17.2 Å². The van der Waals surface area contributed by atoms with Gasteiger partial charge in [-0.05, 0) is 36.8 Å². The van der Waals surface area contributed by atoms with E-state index in [1.807, 2.05) is 43.3 Å². The lowest BCUT2D eigenvalue weighted by atomic mass is 10.0. The Morgan fingerprint density at radius 3 is 2.87 bits per heavy atom. The van der Waals surface area contributed by atoms with Crippen molar-refractivity contribution in [2.45, 2.75) is 12.2 Å². The highest BCUT2D eigenvalue weighted by Crippen LogP contribution is 2.46. The average molecular weight is 456 g/mol. The smallest absolute Gasteiger partial charge is 0.235 e. The Kier molecular flexibility index (Phi) is 6.25. The molecule has 0 saturated carbocycles. The van der Waals surface area contributed by atoms with Gasteiger partial charge in [-0.2, -0.15) is 5.10 Å². The molecule has 160 valence electrons. The maximum absolute atomic E-state index is 12.5. The molecule has 1 aromatic heterocycles. The summed E-state index contributed by atoms with van der Waals surface area (Å²) < 4.78 is 12.9. The largest absolute Gasteiger partial charge is 0.493 e. The number of thioether (sulfide) groups is 1. The number of carbonyl (C=O) groups is 1. The summed E-state index contributed by atoms with van der Waals surface area (Å²) in [7, 11) is 1.61. The van der Waals surface area contributed by atoms with Gasteiger partial charge in [0.05, 0.1) is 34.5 Å². The summed E-state index contributed by atoms with van der Waals surface area (Å²) in [6.07, 6.45) is 1.69. The Morgan fingerprint density at radius 2 is 2.13 bits per heavy atom. The van der Waals surface area contributed by atoms with Gasteiger partial charge in [0.15, 0.2) is 11.5 Å². The number of amides is 1. The topological polar surface area (TPSA) is 65.4 Å². The maximum Gasteiger partial charge on any atom is 0.235 e. The molecule has 0 saturated heterocycles. The second-order valence-electron chi connectivity index (χ2n) is 6.96. The molecule has 1 unspecified atom stereocenters. The van der Waals surface area contributed by atoms with E-state index in [0.717, 1.165) is 16.8 Å². The highest BCUT2D eigenvalue weighted by atomic mass is 35.5. The van der Waals surface area contributed by atoms with Gasteiger partial charge in [0.25, 0.3) is 0 Å². The Labute approximate surface area is 190 Å². The Balaban J connectivity index is 1.83. The lowest BCUT2D eigenvalue weighted by Crippen LogP contribution is -2.16. The van der Waals surface area contributed by atoms with Crippen molar-refractivity contribution in [2.75, 3.05) is 24.8 Å². The van der Waals surface area contributed by atoms with E-state index in [1.165, 1.54) is 0 Å². The molecule has 1 N–H and O–H groups in total. The summed E-state index contributed by atoms with van der Waals surface area (Å²) in [6, 6.07) is 13.3. The summed E-state index contributed by atoms with van der Waals surface area (Å²) in [6.45, 7) is 6.01. The summed E-state index contributed by atoms with van der Waals surface area (Å²) in [5.74, 6) is 2.14. The highest BCUT2D eigenvalue weighted by molar-refractivity contribution is 8.00. The minimum atomic E-state index is -0.118. The second kappa shape index (κ2) is 9.08. The second-order valence-corrected chi connectivity index (χ2v) is 8.46. The Morgan fingerprint density at radius 1 is 1.32 bits per heavy atom. The molecule has 0 fully saturated rings. The molecule has 1 aliphatic heterocycles. The van der Waals surface area contributed by atoms with E-state index < -0.39 is 0 Å². The predicted molar refractivity (Wildman–Crippen MR) is 125 cm³/mol. The van der Waals surface area contributed by atoms with Gasteiger partial charge in [0.2, 0.25) is 5.91 Å². The number of benzene rings is 2. The van der Waals surface area contributed by atoms with Gasteiger partial charge in [-0.3, -0.25) is 4.79 Å². The lowest BCUT2D eigenvalue weighted by molar-refractivity contribution is -0.113. The van der Waals surface area contributed by atoms with Crippen molar-refractivity contribution in [3.05, 3.63) is 77.0 Å². The molecular formula is C23H22ClN3O3S. The molecular weight excluding hydrogens is 434 g/mol. The molecule has 1 atom stereocenters. The van der Waals surface area contributed by atoms with E-state index in [4.69, 9.17) is 26.2 Å². The first-order chi connectivity index (χ1) is 15.0. The van der Waals surface area contributed by atoms with E-state index in [9.17, 15) is 4.79 Å². The zero-order valence-electron chi connectivity index (χ0n) is 17.2. The van der Waals surface area contributed by atoms with Crippen molar-refractivity contribution in [3.63, 3.8) is 0 Å². The van der Waals surface area contributed by atoms with Gasteiger partial charge in [-0.25, -0.2) is 4.68 Å². The molecule has 2 aromatic carbocycles. The summed E-state index contributed by atoms with van der Waals surface area (Å²) in [5, 5.41) is 8.17. The quantitative estimate of drug-likeness (QED) is 0.518. The van der Waals surface area contributed by atoms with Crippen LogP contribution in [-0.4, -0.2) is 35.2 Å². The molecule has 2 heterocycles. The fourth-order valence-corrected chi connectivity index (χ4v) is 4.95.